The first-order chi connectivity index (χ1) is 38.7. The van der Waals surface area contributed by atoms with E-state index in [1.165, 1.54) is 0 Å². The Labute approximate surface area is 489 Å². The van der Waals surface area contributed by atoms with Crippen molar-refractivity contribution in [2.24, 2.45) is 0 Å². The van der Waals surface area contributed by atoms with Crippen LogP contribution in [0.15, 0.2) is 48.5 Å². The molecule has 0 saturated carbocycles. The van der Waals surface area contributed by atoms with Crippen LogP contribution in [-0.2, 0) is 95.9 Å². The summed E-state index contributed by atoms with van der Waals surface area (Å²) in [5.74, 6) is -2.38. The fourth-order valence-electron chi connectivity index (χ4n) is 9.28. The summed E-state index contributed by atoms with van der Waals surface area (Å²) in [5.41, 5.74) is -6.82. The predicted octanol–water partition coefficient (Wildman–Crippen LogP) is 10.1. The molecule has 466 valence electrons. The standard InChI is InChI=1S/C60H78F6N2O14S2/c1-55(2,3)45-27-37-23-41-31-47(57(7,8)9)33-43(53(41)81-35-49(69)67-83(71,72)59(61,62)63)25-39-29-46(56(4,5)6)30-40-26-44-34-48(58(10,11)12)32-42(54(44)82-36-50(70)68-84(73,74)60(64,65)66)24-38(28-45)51(37)79-21-19-77-17-15-75-13-14-76-16-18-78-20-22-80-52(39)40/h27-34H,13-26,35-36H2,1-12H3,(H,67,69)(H,68,70). The van der Waals surface area contributed by atoms with Gasteiger partial charge in [0.15, 0.2) is 13.2 Å². The number of hydrogen-bond acceptors (Lipinski definition) is 14. The van der Waals surface area contributed by atoms with Crippen molar-refractivity contribution in [2.45, 2.75) is 141 Å². The predicted molar refractivity (Wildman–Crippen MR) is 303 cm³/mol. The molecule has 0 saturated heterocycles. The van der Waals surface area contributed by atoms with Crippen LogP contribution in [0.25, 0.3) is 0 Å². The van der Waals surface area contributed by atoms with Crippen molar-refractivity contribution in [1.29, 1.82) is 0 Å². The second-order valence-corrected chi connectivity index (χ2v) is 28.2. The van der Waals surface area contributed by atoms with Crippen molar-refractivity contribution < 1.29 is 90.7 Å². The number of fused-ring (bicyclic) bond motifs is 2. The van der Waals surface area contributed by atoms with Gasteiger partial charge in [0.05, 0.1) is 52.9 Å². The maximum Gasteiger partial charge on any atom is 0.516 e. The molecule has 6 rings (SSSR count). The quantitative estimate of drug-likeness (QED) is 0.139. The van der Waals surface area contributed by atoms with E-state index in [4.69, 9.17) is 37.9 Å². The fourth-order valence-corrected chi connectivity index (χ4v) is 10.2. The average Bonchev–Trinajstić information content (AvgIpc) is 1.28. The Morgan fingerprint density at radius 2 is 0.607 bits per heavy atom. The summed E-state index contributed by atoms with van der Waals surface area (Å²) in [7, 11) is -12.3. The third-order valence-corrected chi connectivity index (χ3v) is 16.0. The van der Waals surface area contributed by atoms with Crippen LogP contribution in [0.1, 0.15) is 150 Å². The highest BCUT2D eigenvalue weighted by molar-refractivity contribution is 7.91. The van der Waals surface area contributed by atoms with Crippen LogP contribution in [0, 0.1) is 0 Å². The van der Waals surface area contributed by atoms with Gasteiger partial charge in [-0.25, -0.2) is 9.44 Å². The number of carbonyl (C=O) groups is 2. The molecule has 0 atom stereocenters. The molecule has 0 unspecified atom stereocenters. The van der Waals surface area contributed by atoms with E-state index >= 15 is 0 Å². The van der Waals surface area contributed by atoms with Crippen molar-refractivity contribution >= 4 is 31.9 Å². The molecule has 0 aromatic heterocycles. The Bertz CT molecular complexity index is 2930. The third kappa shape index (κ3) is 18.0. The number of nitrogens with one attached hydrogen (secondary N) is 2. The van der Waals surface area contributed by atoms with Gasteiger partial charge in [-0.3, -0.25) is 9.59 Å². The number of hydrogen-bond donors (Lipinski definition) is 2. The Balaban J connectivity index is 1.77. The summed E-state index contributed by atoms with van der Waals surface area (Å²) in [6.07, 6.45) is -0.126. The maximum absolute atomic E-state index is 13.7. The molecule has 0 fully saturated rings. The summed E-state index contributed by atoms with van der Waals surface area (Å²) in [4.78, 5) is 26.8. The van der Waals surface area contributed by atoms with Gasteiger partial charge in [0.1, 0.15) is 36.2 Å². The molecule has 1 aliphatic carbocycles. The second-order valence-electron chi connectivity index (χ2n) is 24.9. The fraction of sp³-hybridized carbons (Fsp3) is 0.567. The molecule has 16 nitrogen and oxygen atoms in total. The molecule has 84 heavy (non-hydrogen) atoms. The SMILES string of the molecule is CC(C)(C)c1cc2c3c(c1)Cc1cc(C(C)(C)C)cc(c1OCC(=O)NS(=O)(=O)C(F)(F)F)Cc1cc(C(C)(C)C)cc(c1OCCOCCOCCOCCOCCO3)Cc1cc(C(C)(C)C)cc(c1OCC(=O)NS(=O)(=O)C(F)(F)F)C2. The van der Waals surface area contributed by atoms with E-state index < -0.39 is 77.8 Å². The van der Waals surface area contributed by atoms with Crippen LogP contribution < -0.4 is 28.4 Å². The lowest BCUT2D eigenvalue weighted by Gasteiger charge is -2.29. The van der Waals surface area contributed by atoms with Crippen molar-refractivity contribution in [2.75, 3.05) is 79.3 Å². The molecule has 0 spiro atoms. The minimum absolute atomic E-state index is 0.0273. The van der Waals surface area contributed by atoms with Gasteiger partial charge >= 0.3 is 31.1 Å². The lowest BCUT2D eigenvalue weighted by molar-refractivity contribution is -0.122. The zero-order chi connectivity index (χ0) is 62.4. The number of ether oxygens (including phenoxy) is 8. The van der Waals surface area contributed by atoms with Gasteiger partial charge in [0.2, 0.25) is 0 Å². The van der Waals surface area contributed by atoms with Gasteiger partial charge in [-0.2, -0.15) is 43.2 Å². The zero-order valence-corrected chi connectivity index (χ0v) is 51.4. The topological polar surface area (TPSA) is 200 Å². The Morgan fingerprint density at radius 1 is 0.393 bits per heavy atom. The number of sulfonamides is 2. The molecule has 4 aromatic rings. The van der Waals surface area contributed by atoms with E-state index in [-0.39, 0.29) is 90.0 Å². The normalized spacial score (nSPS) is 16.2. The molecule has 2 aliphatic rings. The summed E-state index contributed by atoms with van der Waals surface area (Å²) in [6, 6.07) is 15.2. The van der Waals surface area contributed by atoms with Gasteiger partial charge in [0.25, 0.3) is 11.8 Å². The summed E-state index contributed by atoms with van der Waals surface area (Å²) < 4.78 is 183. The second kappa shape index (κ2) is 26.5. The number of amides is 2. The molecular formula is C60H78F6N2O14S2. The van der Waals surface area contributed by atoms with E-state index in [1.807, 2.05) is 132 Å². The minimum Gasteiger partial charge on any atom is -0.491 e. The molecule has 1 aliphatic heterocycles. The van der Waals surface area contributed by atoms with E-state index in [0.717, 1.165) is 31.7 Å². The molecule has 2 N–H and O–H groups in total. The van der Waals surface area contributed by atoms with Crippen molar-refractivity contribution in [3.05, 3.63) is 115 Å². The van der Waals surface area contributed by atoms with E-state index in [0.29, 0.717) is 69.2 Å². The molecule has 1 heterocycles. The summed E-state index contributed by atoms with van der Waals surface area (Å²) >= 11 is 0. The van der Waals surface area contributed by atoms with E-state index in [1.54, 1.807) is 0 Å². The van der Waals surface area contributed by atoms with Crippen LogP contribution in [-0.4, -0.2) is 119 Å². The third-order valence-electron chi connectivity index (χ3n) is 13.8. The van der Waals surface area contributed by atoms with Crippen LogP contribution in [0.3, 0.4) is 0 Å². The Kier molecular flexibility index (Phi) is 21.3. The van der Waals surface area contributed by atoms with Crippen molar-refractivity contribution in [3.63, 3.8) is 0 Å². The molecule has 0 radical (unpaired) electrons. The zero-order valence-electron chi connectivity index (χ0n) is 49.7. The highest BCUT2D eigenvalue weighted by atomic mass is 32.2. The maximum atomic E-state index is 13.7. The van der Waals surface area contributed by atoms with Crippen molar-refractivity contribution in [1.82, 2.24) is 9.44 Å². The monoisotopic (exact) mass is 1230 g/mol. The van der Waals surface area contributed by atoms with Gasteiger partial charge < -0.3 is 37.9 Å². The first-order valence-corrected chi connectivity index (χ1v) is 30.4. The number of benzene rings is 4. The van der Waals surface area contributed by atoms with E-state index in [2.05, 4.69) is 0 Å². The molecule has 10 bridgehead atoms. The van der Waals surface area contributed by atoms with Crippen LogP contribution in [0.2, 0.25) is 0 Å². The molecule has 2 amide bonds. The lowest BCUT2D eigenvalue weighted by Crippen LogP contribution is -2.42. The van der Waals surface area contributed by atoms with Crippen LogP contribution in [0.5, 0.6) is 23.0 Å². The van der Waals surface area contributed by atoms with Gasteiger partial charge in [0, 0.05) is 25.7 Å². The summed E-state index contributed by atoms with van der Waals surface area (Å²) in [5, 5.41) is 0. The number of alkyl halides is 6. The van der Waals surface area contributed by atoms with Crippen molar-refractivity contribution in [3.8, 4) is 23.0 Å². The van der Waals surface area contributed by atoms with Crippen LogP contribution >= 0.6 is 0 Å². The number of halogens is 6. The highest BCUT2D eigenvalue weighted by Crippen LogP contribution is 2.45. The lowest BCUT2D eigenvalue weighted by atomic mass is 9.79. The molecular weight excluding hydrogens is 1150 g/mol. The van der Waals surface area contributed by atoms with E-state index in [9.17, 15) is 52.8 Å². The first kappa shape index (κ1) is 67.5. The Hall–Kier alpha value is -5.66. The number of rotatable bonds is 8. The number of carbonyl (C=O) groups excluding carboxylic acids is 2. The van der Waals surface area contributed by atoms with Gasteiger partial charge in [-0.15, -0.1) is 0 Å². The Morgan fingerprint density at radius 3 is 0.821 bits per heavy atom. The van der Waals surface area contributed by atoms with Gasteiger partial charge in [-0.05, 0) is 88.4 Å². The first-order valence-electron chi connectivity index (χ1n) is 27.5. The highest BCUT2D eigenvalue weighted by Gasteiger charge is 2.48. The largest absolute Gasteiger partial charge is 0.516 e. The smallest absolute Gasteiger partial charge is 0.491 e. The molecule has 4 aromatic carbocycles. The van der Waals surface area contributed by atoms with Crippen LogP contribution in [0.4, 0.5) is 26.3 Å². The van der Waals surface area contributed by atoms with Gasteiger partial charge in [-0.1, -0.05) is 132 Å². The summed E-state index contributed by atoms with van der Waals surface area (Å²) in [6.45, 7) is 23.1. The average molecular weight is 1230 g/mol. The minimum atomic E-state index is -6.13. The molecule has 24 heteroatoms.